The molecule has 1 heterocycles. The lowest BCUT2D eigenvalue weighted by molar-refractivity contribution is 0.268. The van der Waals surface area contributed by atoms with Crippen LogP contribution in [0.5, 0.6) is 0 Å². The van der Waals surface area contributed by atoms with E-state index in [-0.39, 0.29) is 5.92 Å². The summed E-state index contributed by atoms with van der Waals surface area (Å²) in [4.78, 5) is 0. The summed E-state index contributed by atoms with van der Waals surface area (Å²) in [6, 6.07) is 1.88. The molecule has 11 heavy (non-hydrogen) atoms. The highest BCUT2D eigenvalue weighted by Gasteiger charge is 2.38. The highest BCUT2D eigenvalue weighted by atomic mass is 31.2. The van der Waals surface area contributed by atoms with Gasteiger partial charge in [0.05, 0.1) is 12.0 Å². The third-order valence-corrected chi connectivity index (χ3v) is 3.30. The number of hydrogen-bond donors (Lipinski definition) is 0. The predicted molar refractivity (Wildman–Crippen MR) is 41.2 cm³/mol. The van der Waals surface area contributed by atoms with E-state index in [9.17, 15) is 4.57 Å². The number of hydrogen-bond acceptors (Lipinski definition) is 3. The minimum atomic E-state index is -2.55. The number of nitrogens with zero attached hydrogens (tertiary/aromatic N) is 1. The van der Waals surface area contributed by atoms with Crippen LogP contribution in [0.2, 0.25) is 0 Å². The molecule has 3 unspecified atom stereocenters. The lowest BCUT2D eigenvalue weighted by atomic mass is 10.1. The normalized spacial score (nSPS) is 42.8. The molecule has 0 aromatic heterocycles. The van der Waals surface area contributed by atoms with E-state index in [0.717, 1.165) is 0 Å². The van der Waals surface area contributed by atoms with Gasteiger partial charge in [-0.05, 0) is 0 Å². The predicted octanol–water partition coefficient (Wildman–Crippen LogP) is 1.07. The smallest absolute Gasteiger partial charge is 0.202 e. The second-order valence-electron chi connectivity index (χ2n) is 2.62. The molecule has 1 rings (SSSR count). The van der Waals surface area contributed by atoms with Gasteiger partial charge < -0.3 is 4.52 Å². The van der Waals surface area contributed by atoms with E-state index in [2.05, 4.69) is 5.92 Å². The van der Waals surface area contributed by atoms with E-state index in [1.54, 1.807) is 0 Å². The fourth-order valence-corrected chi connectivity index (χ4v) is 2.84. The molecule has 0 amide bonds. The van der Waals surface area contributed by atoms with Gasteiger partial charge in [-0.1, -0.05) is 5.92 Å². The van der Waals surface area contributed by atoms with Gasteiger partial charge in [-0.15, -0.1) is 6.42 Å². The summed E-state index contributed by atoms with van der Waals surface area (Å²) in [7, 11) is -2.55. The van der Waals surface area contributed by atoms with E-state index >= 15 is 0 Å². The molecule has 3 atom stereocenters. The van der Waals surface area contributed by atoms with Crippen molar-refractivity contribution in [3.63, 3.8) is 0 Å². The van der Waals surface area contributed by atoms with E-state index < -0.39 is 13.5 Å². The lowest BCUT2D eigenvalue weighted by Crippen LogP contribution is -2.12. The molecular weight excluding hydrogens is 161 g/mol. The first-order valence-electron chi connectivity index (χ1n) is 3.20. The maximum absolute atomic E-state index is 11.3. The van der Waals surface area contributed by atoms with Gasteiger partial charge in [0, 0.05) is 12.8 Å². The van der Waals surface area contributed by atoms with Crippen LogP contribution in [-0.4, -0.2) is 18.9 Å². The van der Waals surface area contributed by atoms with Crippen LogP contribution >= 0.6 is 7.37 Å². The van der Waals surface area contributed by atoms with Crippen LogP contribution in [0.1, 0.15) is 0 Å². The van der Waals surface area contributed by atoms with Crippen molar-refractivity contribution in [3.05, 3.63) is 0 Å². The van der Waals surface area contributed by atoms with Crippen LogP contribution in [0.4, 0.5) is 0 Å². The summed E-state index contributed by atoms with van der Waals surface area (Å²) in [6.45, 7) is 1.51. The van der Waals surface area contributed by atoms with Crippen molar-refractivity contribution in [2.45, 2.75) is 6.10 Å². The maximum Gasteiger partial charge on any atom is 0.202 e. The highest BCUT2D eigenvalue weighted by Crippen LogP contribution is 2.52. The first-order valence-corrected chi connectivity index (χ1v) is 5.45. The average molecular weight is 169 g/mol. The lowest BCUT2D eigenvalue weighted by Gasteiger charge is -2.01. The molecule has 0 N–H and O–H groups in total. The van der Waals surface area contributed by atoms with Gasteiger partial charge in [-0.25, -0.2) is 0 Å². The van der Waals surface area contributed by atoms with Crippen molar-refractivity contribution >= 4 is 7.37 Å². The molecule has 1 aliphatic rings. The minimum Gasteiger partial charge on any atom is -0.308 e. The molecule has 0 spiro atoms. The molecular formula is C7H8NO2P. The van der Waals surface area contributed by atoms with Crippen molar-refractivity contribution in [2.75, 3.05) is 12.8 Å². The Labute approximate surface area is 65.8 Å². The molecule has 1 fully saturated rings. The van der Waals surface area contributed by atoms with Gasteiger partial charge in [0.15, 0.2) is 6.10 Å². The first-order chi connectivity index (χ1) is 5.09. The minimum absolute atomic E-state index is 0.296. The van der Waals surface area contributed by atoms with E-state index in [4.69, 9.17) is 16.2 Å². The van der Waals surface area contributed by atoms with Gasteiger partial charge in [0.1, 0.15) is 0 Å². The second kappa shape index (κ2) is 2.70. The summed E-state index contributed by atoms with van der Waals surface area (Å²) >= 11 is 0. The number of rotatable bonds is 0. The van der Waals surface area contributed by atoms with Crippen LogP contribution < -0.4 is 0 Å². The Kier molecular flexibility index (Phi) is 2.05. The summed E-state index contributed by atoms with van der Waals surface area (Å²) < 4.78 is 16.2. The van der Waals surface area contributed by atoms with Crippen molar-refractivity contribution < 1.29 is 9.09 Å². The average Bonchev–Trinajstić information content (AvgIpc) is 2.25. The molecule has 0 aromatic carbocycles. The van der Waals surface area contributed by atoms with Crippen LogP contribution in [0.15, 0.2) is 0 Å². The van der Waals surface area contributed by atoms with Crippen LogP contribution in [0, 0.1) is 29.6 Å². The van der Waals surface area contributed by atoms with Crippen LogP contribution in [0.3, 0.4) is 0 Å². The molecule has 4 heteroatoms. The van der Waals surface area contributed by atoms with E-state index in [1.807, 2.05) is 6.07 Å². The molecule has 0 aromatic rings. The summed E-state index contributed by atoms with van der Waals surface area (Å²) in [5.41, 5.74) is 0. The highest BCUT2D eigenvalue weighted by molar-refractivity contribution is 7.58. The Morgan fingerprint density at radius 2 is 2.45 bits per heavy atom. The standard InChI is InChI=1S/C7H8NO2P/c1-3-6-5-11(2,9)10-7(6)4-8/h1,6-7H,5H2,2H3. The van der Waals surface area contributed by atoms with Crippen molar-refractivity contribution in [1.29, 1.82) is 5.26 Å². The third-order valence-electron chi connectivity index (χ3n) is 1.57. The molecule has 0 aliphatic carbocycles. The fraction of sp³-hybridized carbons (Fsp3) is 0.571. The summed E-state index contributed by atoms with van der Waals surface area (Å²) in [5, 5.41) is 8.51. The molecule has 0 bridgehead atoms. The maximum atomic E-state index is 11.3. The molecule has 1 aliphatic heterocycles. The van der Waals surface area contributed by atoms with Gasteiger partial charge in [-0.2, -0.15) is 5.26 Å². The van der Waals surface area contributed by atoms with Crippen molar-refractivity contribution in [1.82, 2.24) is 0 Å². The number of terminal acetylenes is 1. The zero-order valence-electron chi connectivity index (χ0n) is 6.15. The first kappa shape index (κ1) is 8.34. The molecule has 3 nitrogen and oxygen atoms in total. The zero-order valence-corrected chi connectivity index (χ0v) is 7.04. The summed E-state index contributed by atoms with van der Waals surface area (Å²) in [5.74, 6) is 2.11. The molecule has 0 radical (unpaired) electrons. The molecule has 0 saturated carbocycles. The van der Waals surface area contributed by atoms with Crippen molar-refractivity contribution in [2.24, 2.45) is 5.92 Å². The Morgan fingerprint density at radius 3 is 2.82 bits per heavy atom. The molecule has 1 saturated heterocycles. The number of nitriles is 1. The fourth-order valence-electron chi connectivity index (χ4n) is 1.06. The van der Waals surface area contributed by atoms with Crippen LogP contribution in [-0.2, 0) is 9.09 Å². The Hall–Kier alpha value is -0.760. The monoisotopic (exact) mass is 169 g/mol. The Balaban J connectivity index is 2.82. The third kappa shape index (κ3) is 1.63. The van der Waals surface area contributed by atoms with Gasteiger partial charge in [-0.3, -0.25) is 4.57 Å². The van der Waals surface area contributed by atoms with Gasteiger partial charge in [0.25, 0.3) is 0 Å². The summed E-state index contributed by atoms with van der Waals surface area (Å²) in [6.07, 6.45) is 4.78. The second-order valence-corrected chi connectivity index (χ2v) is 5.23. The van der Waals surface area contributed by atoms with E-state index in [1.165, 1.54) is 6.66 Å². The van der Waals surface area contributed by atoms with Gasteiger partial charge in [0.2, 0.25) is 7.37 Å². The van der Waals surface area contributed by atoms with Gasteiger partial charge >= 0.3 is 0 Å². The SMILES string of the molecule is C#CC1CP(C)(=O)OC1C#N. The quantitative estimate of drug-likeness (QED) is 0.402. The van der Waals surface area contributed by atoms with E-state index in [0.29, 0.717) is 6.16 Å². The Bertz CT molecular complexity index is 260. The molecule has 58 valence electrons. The van der Waals surface area contributed by atoms with Crippen LogP contribution in [0.25, 0.3) is 0 Å². The topological polar surface area (TPSA) is 50.1 Å². The Morgan fingerprint density at radius 1 is 1.82 bits per heavy atom. The largest absolute Gasteiger partial charge is 0.308 e. The zero-order chi connectivity index (χ0) is 8.48. The van der Waals surface area contributed by atoms with Crippen molar-refractivity contribution in [3.8, 4) is 18.4 Å².